The van der Waals surface area contributed by atoms with Gasteiger partial charge in [0.05, 0.1) is 6.54 Å². The van der Waals surface area contributed by atoms with Crippen LogP contribution < -0.4 is 11.1 Å². The van der Waals surface area contributed by atoms with E-state index in [0.717, 1.165) is 38.8 Å². The number of unbranched alkanes of at least 4 members (excludes halogenated alkanes) is 1. The number of nitrogens with one attached hydrogen (secondary N) is 1. The molecule has 1 rings (SSSR count). The minimum atomic E-state index is -0.293. The Balaban J connectivity index is 2.14. The normalized spacial score (nSPS) is 17.6. The summed E-state index contributed by atoms with van der Waals surface area (Å²) in [5.41, 5.74) is 5.15. The maximum Gasteiger partial charge on any atom is 0.231 e. The van der Waals surface area contributed by atoms with Crippen LogP contribution in [0.25, 0.3) is 0 Å². The van der Waals surface area contributed by atoms with E-state index in [2.05, 4.69) is 5.32 Å². The molecule has 0 radical (unpaired) electrons. The number of primary amides is 1. The van der Waals surface area contributed by atoms with E-state index in [0.29, 0.717) is 18.8 Å². The molecule has 0 spiro atoms. The molecule has 104 valence electrons. The molecule has 0 aromatic heterocycles. The molecule has 1 saturated heterocycles. The highest BCUT2D eigenvalue weighted by molar-refractivity contribution is 6.17. The van der Waals surface area contributed by atoms with Crippen molar-refractivity contribution in [1.82, 2.24) is 10.2 Å². The van der Waals surface area contributed by atoms with Gasteiger partial charge in [-0.25, -0.2) is 0 Å². The summed E-state index contributed by atoms with van der Waals surface area (Å²) in [5.74, 6) is 0.422. The molecule has 1 aliphatic rings. The van der Waals surface area contributed by atoms with E-state index in [1.165, 1.54) is 0 Å². The van der Waals surface area contributed by atoms with Gasteiger partial charge in [0.1, 0.15) is 0 Å². The first-order valence-electron chi connectivity index (χ1n) is 6.48. The van der Waals surface area contributed by atoms with Gasteiger partial charge in [0.2, 0.25) is 11.8 Å². The van der Waals surface area contributed by atoms with E-state index in [1.807, 2.05) is 4.90 Å². The second kappa shape index (κ2) is 8.32. The average Bonchev–Trinajstić information content (AvgIpc) is 2.31. The fraction of sp³-hybridized carbons (Fsp3) is 0.833. The highest BCUT2D eigenvalue weighted by Crippen LogP contribution is 2.10. The molecular weight excluding hydrogens is 254 g/mol. The Morgan fingerprint density at radius 1 is 1.28 bits per heavy atom. The van der Waals surface area contributed by atoms with Crippen LogP contribution in [0, 0.1) is 0 Å². The SMILES string of the molecule is NC(=O)CN1CCC(NC(=O)CCCCCl)CC1. The lowest BCUT2D eigenvalue weighted by Gasteiger charge is -2.31. The summed E-state index contributed by atoms with van der Waals surface area (Å²) in [6.07, 6.45) is 4.04. The Labute approximate surface area is 113 Å². The largest absolute Gasteiger partial charge is 0.369 e. The van der Waals surface area contributed by atoms with Crippen molar-refractivity contribution < 1.29 is 9.59 Å². The first kappa shape index (κ1) is 15.2. The topological polar surface area (TPSA) is 75.4 Å². The standard InChI is InChI=1S/C12H22ClN3O2/c13-6-2-1-3-12(18)15-10-4-7-16(8-5-10)9-11(14)17/h10H,1-9H2,(H2,14,17)(H,15,18). The van der Waals surface area contributed by atoms with Gasteiger partial charge < -0.3 is 11.1 Å². The number of amides is 2. The summed E-state index contributed by atoms with van der Waals surface area (Å²) < 4.78 is 0. The molecule has 0 aromatic rings. The fourth-order valence-corrected chi connectivity index (χ4v) is 2.32. The number of halogens is 1. The third-order valence-electron chi connectivity index (χ3n) is 3.12. The van der Waals surface area contributed by atoms with Gasteiger partial charge in [0.25, 0.3) is 0 Å². The fourth-order valence-electron chi connectivity index (χ4n) is 2.14. The summed E-state index contributed by atoms with van der Waals surface area (Å²) in [4.78, 5) is 24.4. The molecular formula is C12H22ClN3O2. The van der Waals surface area contributed by atoms with Crippen LogP contribution in [0.3, 0.4) is 0 Å². The van der Waals surface area contributed by atoms with E-state index < -0.39 is 0 Å². The minimum Gasteiger partial charge on any atom is -0.369 e. The molecule has 18 heavy (non-hydrogen) atoms. The lowest BCUT2D eigenvalue weighted by atomic mass is 10.0. The van der Waals surface area contributed by atoms with Crippen LogP contribution in [0.15, 0.2) is 0 Å². The van der Waals surface area contributed by atoms with Crippen molar-refractivity contribution >= 4 is 23.4 Å². The second-order valence-electron chi connectivity index (χ2n) is 4.73. The van der Waals surface area contributed by atoms with E-state index in [-0.39, 0.29) is 17.9 Å². The zero-order valence-electron chi connectivity index (χ0n) is 10.7. The Bertz CT molecular complexity index is 278. The number of carbonyl (C=O) groups is 2. The van der Waals surface area contributed by atoms with Crippen LogP contribution in [0.4, 0.5) is 0 Å². The van der Waals surface area contributed by atoms with Gasteiger partial charge in [-0.2, -0.15) is 0 Å². The molecule has 1 heterocycles. The number of nitrogens with zero attached hydrogens (tertiary/aromatic N) is 1. The molecule has 1 aliphatic heterocycles. The highest BCUT2D eigenvalue weighted by atomic mass is 35.5. The van der Waals surface area contributed by atoms with Crippen LogP contribution in [-0.4, -0.2) is 48.3 Å². The highest BCUT2D eigenvalue weighted by Gasteiger charge is 2.21. The summed E-state index contributed by atoms with van der Waals surface area (Å²) >= 11 is 5.56. The quantitative estimate of drug-likeness (QED) is 0.524. The van der Waals surface area contributed by atoms with Gasteiger partial charge in [-0.3, -0.25) is 14.5 Å². The van der Waals surface area contributed by atoms with Crippen molar-refractivity contribution in [2.45, 2.75) is 38.1 Å². The Morgan fingerprint density at radius 3 is 2.50 bits per heavy atom. The van der Waals surface area contributed by atoms with Crippen molar-refractivity contribution in [2.75, 3.05) is 25.5 Å². The third kappa shape index (κ3) is 6.21. The lowest BCUT2D eigenvalue weighted by Crippen LogP contribution is -2.46. The van der Waals surface area contributed by atoms with E-state index in [4.69, 9.17) is 17.3 Å². The van der Waals surface area contributed by atoms with Crippen molar-refractivity contribution in [3.05, 3.63) is 0 Å². The number of piperidine rings is 1. The van der Waals surface area contributed by atoms with Crippen LogP contribution in [0.2, 0.25) is 0 Å². The summed E-state index contributed by atoms with van der Waals surface area (Å²) in [5, 5.41) is 3.03. The van der Waals surface area contributed by atoms with E-state index in [1.54, 1.807) is 0 Å². The molecule has 3 N–H and O–H groups in total. The molecule has 0 atom stereocenters. The molecule has 0 bridgehead atoms. The summed E-state index contributed by atoms with van der Waals surface area (Å²) in [6, 6.07) is 0.234. The number of hydrogen-bond donors (Lipinski definition) is 2. The number of hydrogen-bond acceptors (Lipinski definition) is 3. The van der Waals surface area contributed by atoms with Crippen molar-refractivity contribution in [1.29, 1.82) is 0 Å². The van der Waals surface area contributed by atoms with Crippen molar-refractivity contribution in [3.63, 3.8) is 0 Å². The van der Waals surface area contributed by atoms with Crippen LogP contribution in [-0.2, 0) is 9.59 Å². The smallest absolute Gasteiger partial charge is 0.231 e. The van der Waals surface area contributed by atoms with Crippen molar-refractivity contribution in [2.24, 2.45) is 5.73 Å². The van der Waals surface area contributed by atoms with Crippen molar-refractivity contribution in [3.8, 4) is 0 Å². The number of carbonyl (C=O) groups excluding carboxylic acids is 2. The molecule has 1 fully saturated rings. The van der Waals surface area contributed by atoms with Gasteiger partial charge in [-0.1, -0.05) is 0 Å². The second-order valence-corrected chi connectivity index (χ2v) is 5.11. The van der Waals surface area contributed by atoms with Crippen LogP contribution >= 0.6 is 11.6 Å². The van der Waals surface area contributed by atoms with E-state index in [9.17, 15) is 9.59 Å². The van der Waals surface area contributed by atoms with Gasteiger partial charge in [0, 0.05) is 31.4 Å². The molecule has 5 nitrogen and oxygen atoms in total. The first-order chi connectivity index (χ1) is 8.61. The maximum absolute atomic E-state index is 11.6. The summed E-state index contributed by atoms with van der Waals surface area (Å²) in [6.45, 7) is 1.95. The van der Waals surface area contributed by atoms with Crippen LogP contribution in [0.5, 0.6) is 0 Å². The maximum atomic E-state index is 11.6. The molecule has 6 heteroatoms. The summed E-state index contributed by atoms with van der Waals surface area (Å²) in [7, 11) is 0. The van der Waals surface area contributed by atoms with Gasteiger partial charge >= 0.3 is 0 Å². The molecule has 0 aromatic carbocycles. The Hall–Kier alpha value is -0.810. The minimum absolute atomic E-state index is 0.105. The number of rotatable bonds is 7. The van der Waals surface area contributed by atoms with E-state index >= 15 is 0 Å². The zero-order chi connectivity index (χ0) is 13.4. The Kier molecular flexibility index (Phi) is 7.05. The van der Waals surface area contributed by atoms with Gasteiger partial charge in [0.15, 0.2) is 0 Å². The molecule has 0 saturated carbocycles. The first-order valence-corrected chi connectivity index (χ1v) is 7.01. The monoisotopic (exact) mass is 275 g/mol. The lowest BCUT2D eigenvalue weighted by molar-refractivity contribution is -0.123. The average molecular weight is 276 g/mol. The number of likely N-dealkylation sites (tertiary alicyclic amines) is 1. The molecule has 2 amide bonds. The predicted octanol–water partition coefficient (Wildman–Crippen LogP) is 0.461. The van der Waals surface area contributed by atoms with Crippen LogP contribution in [0.1, 0.15) is 32.1 Å². The predicted molar refractivity (Wildman–Crippen MR) is 71.4 cm³/mol. The number of nitrogens with two attached hydrogens (primary N) is 1. The Morgan fingerprint density at radius 2 is 1.94 bits per heavy atom. The zero-order valence-corrected chi connectivity index (χ0v) is 11.4. The third-order valence-corrected chi connectivity index (χ3v) is 3.39. The number of alkyl halides is 1. The molecule has 0 aliphatic carbocycles. The molecule has 0 unspecified atom stereocenters. The van der Waals surface area contributed by atoms with Gasteiger partial charge in [-0.05, 0) is 25.7 Å². The van der Waals surface area contributed by atoms with Gasteiger partial charge in [-0.15, -0.1) is 11.6 Å².